The number of halogens is 2. The van der Waals surface area contributed by atoms with Gasteiger partial charge >= 0.3 is 0 Å². The largest absolute Gasteiger partial charge is 0.306 e. The third-order valence-corrected chi connectivity index (χ3v) is 3.96. The van der Waals surface area contributed by atoms with Gasteiger partial charge in [0.15, 0.2) is 0 Å². The summed E-state index contributed by atoms with van der Waals surface area (Å²) in [6.07, 6.45) is 0. The Labute approximate surface area is 127 Å². The van der Waals surface area contributed by atoms with Crippen molar-refractivity contribution in [2.24, 2.45) is 0 Å². The van der Waals surface area contributed by atoms with E-state index in [0.29, 0.717) is 0 Å². The third-order valence-electron chi connectivity index (χ3n) is 2.90. The first-order valence-corrected chi connectivity index (χ1v) is 7.35. The molecule has 0 bridgehead atoms. The van der Waals surface area contributed by atoms with E-state index in [0.717, 1.165) is 17.1 Å². The van der Waals surface area contributed by atoms with E-state index in [2.05, 4.69) is 65.2 Å². The van der Waals surface area contributed by atoms with Gasteiger partial charge in [0.25, 0.3) is 0 Å². The molecule has 0 heterocycles. The van der Waals surface area contributed by atoms with Gasteiger partial charge in [0.2, 0.25) is 0 Å². The van der Waals surface area contributed by atoms with Crippen molar-refractivity contribution < 1.29 is 0 Å². The van der Waals surface area contributed by atoms with E-state index in [1.807, 2.05) is 18.2 Å². The van der Waals surface area contributed by atoms with Gasteiger partial charge in [-0.1, -0.05) is 41.9 Å². The molecule has 0 aromatic heterocycles. The lowest BCUT2D eigenvalue weighted by molar-refractivity contribution is 0.575. The second-order valence-electron chi connectivity index (χ2n) is 4.25. The Morgan fingerprint density at radius 1 is 1.11 bits per heavy atom. The molecule has 0 aliphatic heterocycles. The van der Waals surface area contributed by atoms with Crippen molar-refractivity contribution >= 4 is 34.2 Å². The average molecular weight is 372 g/mol. The zero-order valence-electron chi connectivity index (χ0n) is 10.2. The highest BCUT2D eigenvalue weighted by molar-refractivity contribution is 14.1. The van der Waals surface area contributed by atoms with Crippen LogP contribution in [0.2, 0.25) is 5.02 Å². The van der Waals surface area contributed by atoms with Crippen LogP contribution < -0.4 is 5.32 Å². The van der Waals surface area contributed by atoms with Crippen LogP contribution in [-0.4, -0.2) is 0 Å². The number of rotatable bonds is 4. The third kappa shape index (κ3) is 3.70. The Bertz CT molecular complexity index is 510. The van der Waals surface area contributed by atoms with Gasteiger partial charge in [-0.15, -0.1) is 0 Å². The molecule has 0 saturated carbocycles. The summed E-state index contributed by atoms with van der Waals surface area (Å²) in [4.78, 5) is 0. The van der Waals surface area contributed by atoms with Crippen LogP contribution in [0.1, 0.15) is 24.1 Å². The Kier molecular flexibility index (Phi) is 5.03. The average Bonchev–Trinajstić information content (AvgIpc) is 2.38. The van der Waals surface area contributed by atoms with E-state index >= 15 is 0 Å². The number of hydrogen-bond donors (Lipinski definition) is 1. The summed E-state index contributed by atoms with van der Waals surface area (Å²) in [5.41, 5.74) is 2.43. The SMILES string of the molecule is CC(NCc1ccc(I)cc1)c1ccccc1Cl. The summed E-state index contributed by atoms with van der Waals surface area (Å²) in [6.45, 7) is 2.98. The Morgan fingerprint density at radius 3 is 2.44 bits per heavy atom. The van der Waals surface area contributed by atoms with E-state index in [1.54, 1.807) is 0 Å². The first-order chi connectivity index (χ1) is 8.66. The first kappa shape index (κ1) is 13.8. The molecule has 2 aromatic carbocycles. The number of nitrogens with one attached hydrogen (secondary N) is 1. The van der Waals surface area contributed by atoms with Crippen LogP contribution in [0.25, 0.3) is 0 Å². The van der Waals surface area contributed by atoms with E-state index in [1.165, 1.54) is 9.13 Å². The van der Waals surface area contributed by atoms with Gasteiger partial charge in [0.05, 0.1) is 0 Å². The van der Waals surface area contributed by atoms with Crippen molar-refractivity contribution in [3.8, 4) is 0 Å². The molecule has 1 unspecified atom stereocenters. The van der Waals surface area contributed by atoms with Gasteiger partial charge in [0, 0.05) is 21.2 Å². The fraction of sp³-hybridized carbons (Fsp3) is 0.200. The Balaban J connectivity index is 1.98. The van der Waals surface area contributed by atoms with Crippen LogP contribution in [0.5, 0.6) is 0 Å². The molecule has 2 aromatic rings. The minimum absolute atomic E-state index is 0.248. The molecule has 1 N–H and O–H groups in total. The fourth-order valence-electron chi connectivity index (χ4n) is 1.81. The summed E-state index contributed by atoms with van der Waals surface area (Å²) in [6, 6.07) is 16.8. The summed E-state index contributed by atoms with van der Waals surface area (Å²) in [7, 11) is 0. The van der Waals surface area contributed by atoms with Crippen molar-refractivity contribution in [3.63, 3.8) is 0 Å². The van der Waals surface area contributed by atoms with Gasteiger partial charge in [0.1, 0.15) is 0 Å². The van der Waals surface area contributed by atoms with Crippen LogP contribution in [0.4, 0.5) is 0 Å². The molecule has 0 spiro atoms. The van der Waals surface area contributed by atoms with Crippen LogP contribution in [0, 0.1) is 3.57 Å². The first-order valence-electron chi connectivity index (χ1n) is 5.89. The predicted molar refractivity (Wildman–Crippen MR) is 85.9 cm³/mol. The molecule has 18 heavy (non-hydrogen) atoms. The zero-order chi connectivity index (χ0) is 13.0. The summed E-state index contributed by atoms with van der Waals surface area (Å²) >= 11 is 8.49. The zero-order valence-corrected chi connectivity index (χ0v) is 13.1. The van der Waals surface area contributed by atoms with Crippen molar-refractivity contribution in [2.75, 3.05) is 0 Å². The molecule has 0 amide bonds. The minimum Gasteiger partial charge on any atom is -0.306 e. The topological polar surface area (TPSA) is 12.0 Å². The molecule has 94 valence electrons. The fourth-order valence-corrected chi connectivity index (χ4v) is 2.47. The molecular weight excluding hydrogens is 357 g/mol. The van der Waals surface area contributed by atoms with Gasteiger partial charge in [-0.2, -0.15) is 0 Å². The molecule has 0 saturated heterocycles. The lowest BCUT2D eigenvalue weighted by Gasteiger charge is -2.15. The molecule has 0 aliphatic carbocycles. The highest BCUT2D eigenvalue weighted by Gasteiger charge is 2.07. The lowest BCUT2D eigenvalue weighted by atomic mass is 10.1. The molecule has 0 aliphatic rings. The maximum atomic E-state index is 6.18. The van der Waals surface area contributed by atoms with Crippen molar-refractivity contribution in [1.82, 2.24) is 5.32 Å². The standard InChI is InChI=1S/C15H15ClIN/c1-11(14-4-2-3-5-15(14)16)18-10-12-6-8-13(17)9-7-12/h2-9,11,18H,10H2,1H3. The number of benzene rings is 2. The lowest BCUT2D eigenvalue weighted by Crippen LogP contribution is -2.18. The maximum absolute atomic E-state index is 6.18. The molecule has 0 fully saturated rings. The van der Waals surface area contributed by atoms with Crippen molar-refractivity contribution in [2.45, 2.75) is 19.5 Å². The minimum atomic E-state index is 0.248. The smallest absolute Gasteiger partial charge is 0.0453 e. The van der Waals surface area contributed by atoms with Gasteiger partial charge in [-0.3, -0.25) is 0 Å². The maximum Gasteiger partial charge on any atom is 0.0453 e. The van der Waals surface area contributed by atoms with Crippen LogP contribution in [0.3, 0.4) is 0 Å². The van der Waals surface area contributed by atoms with Gasteiger partial charge < -0.3 is 5.32 Å². The Hall–Kier alpha value is -0.580. The van der Waals surface area contributed by atoms with E-state index in [-0.39, 0.29) is 6.04 Å². The van der Waals surface area contributed by atoms with E-state index < -0.39 is 0 Å². The number of hydrogen-bond acceptors (Lipinski definition) is 1. The Morgan fingerprint density at radius 2 is 1.78 bits per heavy atom. The van der Waals surface area contributed by atoms with Gasteiger partial charge in [-0.25, -0.2) is 0 Å². The molecule has 0 radical (unpaired) electrons. The normalized spacial score (nSPS) is 12.4. The van der Waals surface area contributed by atoms with Crippen LogP contribution in [-0.2, 0) is 6.54 Å². The molecule has 1 atom stereocenters. The van der Waals surface area contributed by atoms with Gasteiger partial charge in [-0.05, 0) is 58.8 Å². The second kappa shape index (κ2) is 6.55. The molecule has 3 heteroatoms. The van der Waals surface area contributed by atoms with Crippen LogP contribution >= 0.6 is 34.2 Å². The molecule has 2 rings (SSSR count). The van der Waals surface area contributed by atoms with Crippen molar-refractivity contribution in [1.29, 1.82) is 0 Å². The van der Waals surface area contributed by atoms with Crippen LogP contribution in [0.15, 0.2) is 48.5 Å². The van der Waals surface area contributed by atoms with E-state index in [4.69, 9.17) is 11.6 Å². The summed E-state index contributed by atoms with van der Waals surface area (Å²) < 4.78 is 1.26. The second-order valence-corrected chi connectivity index (χ2v) is 5.90. The summed E-state index contributed by atoms with van der Waals surface area (Å²) in [5.74, 6) is 0. The van der Waals surface area contributed by atoms with Crippen molar-refractivity contribution in [3.05, 3.63) is 68.3 Å². The summed E-state index contributed by atoms with van der Waals surface area (Å²) in [5, 5.41) is 4.31. The molecule has 1 nitrogen and oxygen atoms in total. The highest BCUT2D eigenvalue weighted by atomic mass is 127. The highest BCUT2D eigenvalue weighted by Crippen LogP contribution is 2.22. The quantitative estimate of drug-likeness (QED) is 0.762. The predicted octanol–water partition coefficient (Wildman–Crippen LogP) is 4.80. The monoisotopic (exact) mass is 371 g/mol. The molecular formula is C15H15ClIN. The van der Waals surface area contributed by atoms with E-state index in [9.17, 15) is 0 Å².